The normalized spacial score (nSPS) is 14.0. The summed E-state index contributed by atoms with van der Waals surface area (Å²) in [5.74, 6) is 0.335. The first-order valence-electron chi connectivity index (χ1n) is 6.67. The van der Waals surface area contributed by atoms with Crippen molar-refractivity contribution in [2.24, 2.45) is 0 Å². The van der Waals surface area contributed by atoms with Crippen LogP contribution in [0, 0.1) is 0 Å². The van der Waals surface area contributed by atoms with Gasteiger partial charge in [-0.3, -0.25) is 9.89 Å². The number of amides is 1. The molecule has 2 N–H and O–H groups in total. The van der Waals surface area contributed by atoms with Crippen LogP contribution in [0.1, 0.15) is 52.5 Å². The molecule has 0 aliphatic heterocycles. The van der Waals surface area contributed by atoms with E-state index in [4.69, 9.17) is 4.74 Å². The van der Waals surface area contributed by atoms with Crippen LogP contribution in [-0.4, -0.2) is 33.7 Å². The average molecular weight is 306 g/mol. The molecule has 8 heteroatoms. The summed E-state index contributed by atoms with van der Waals surface area (Å²) >= 11 is 1.25. The van der Waals surface area contributed by atoms with Crippen LogP contribution in [0.2, 0.25) is 0 Å². The number of H-pyrrole nitrogens is 1. The van der Waals surface area contributed by atoms with Crippen molar-refractivity contribution >= 4 is 28.2 Å². The van der Waals surface area contributed by atoms with Gasteiger partial charge < -0.3 is 10.1 Å². The highest BCUT2D eigenvalue weighted by molar-refractivity contribution is 7.14. The number of rotatable bonds is 5. The Morgan fingerprint density at radius 2 is 2.33 bits per heavy atom. The van der Waals surface area contributed by atoms with Crippen molar-refractivity contribution in [3.63, 3.8) is 0 Å². The molecule has 0 saturated heterocycles. The van der Waals surface area contributed by atoms with Crippen LogP contribution in [0.15, 0.2) is 11.4 Å². The van der Waals surface area contributed by atoms with Crippen molar-refractivity contribution in [3.05, 3.63) is 28.7 Å². The number of aromatic amines is 1. The van der Waals surface area contributed by atoms with Gasteiger partial charge >= 0.3 is 5.97 Å². The van der Waals surface area contributed by atoms with Gasteiger partial charge in [-0.2, -0.15) is 0 Å². The first kappa shape index (κ1) is 13.7. The Bertz CT molecular complexity index is 675. The van der Waals surface area contributed by atoms with Crippen molar-refractivity contribution in [1.29, 1.82) is 0 Å². The van der Waals surface area contributed by atoms with E-state index in [0.29, 0.717) is 16.5 Å². The molecule has 1 aliphatic carbocycles. The maximum absolute atomic E-state index is 12.1. The van der Waals surface area contributed by atoms with Gasteiger partial charge in [0.05, 0.1) is 12.2 Å². The first-order chi connectivity index (χ1) is 10.2. The fraction of sp³-hybridized carbons (Fsp3) is 0.385. The Morgan fingerprint density at radius 1 is 1.52 bits per heavy atom. The van der Waals surface area contributed by atoms with E-state index in [1.165, 1.54) is 11.3 Å². The van der Waals surface area contributed by atoms with Crippen molar-refractivity contribution in [2.45, 2.75) is 25.7 Å². The molecule has 2 aromatic rings. The Morgan fingerprint density at radius 3 is 3.05 bits per heavy atom. The standard InChI is InChI=1S/C13H14N4O3S/c1-2-20-13(19)8-5-6-21-12(8)15-11(18)10-14-9(16-17-10)7-3-4-7/h5-7H,2-4H2,1H3,(H,15,18)(H,14,16,17). The molecular formula is C13H14N4O3S. The number of thiophene rings is 1. The number of hydrogen-bond donors (Lipinski definition) is 2. The first-order valence-corrected chi connectivity index (χ1v) is 7.55. The Balaban J connectivity index is 1.72. The predicted octanol–water partition coefficient (Wildman–Crippen LogP) is 2.17. The maximum Gasteiger partial charge on any atom is 0.341 e. The van der Waals surface area contributed by atoms with E-state index in [0.717, 1.165) is 18.7 Å². The molecule has 0 unspecified atom stereocenters. The molecule has 7 nitrogen and oxygen atoms in total. The molecule has 0 bridgehead atoms. The second-order valence-electron chi connectivity index (χ2n) is 4.66. The molecule has 1 aliphatic rings. The van der Waals surface area contributed by atoms with Crippen LogP contribution < -0.4 is 5.32 Å². The number of nitrogens with one attached hydrogen (secondary N) is 2. The highest BCUT2D eigenvalue weighted by Gasteiger charge is 2.28. The number of hydrogen-bond acceptors (Lipinski definition) is 6. The van der Waals surface area contributed by atoms with E-state index in [-0.39, 0.29) is 12.4 Å². The fourth-order valence-electron chi connectivity index (χ4n) is 1.85. The van der Waals surface area contributed by atoms with Crippen molar-refractivity contribution < 1.29 is 14.3 Å². The van der Waals surface area contributed by atoms with Gasteiger partial charge in [-0.05, 0) is 31.2 Å². The zero-order valence-corrected chi connectivity index (χ0v) is 12.2. The summed E-state index contributed by atoms with van der Waals surface area (Å²) in [6, 6.07) is 1.62. The van der Waals surface area contributed by atoms with Crippen LogP contribution in [0.4, 0.5) is 5.00 Å². The Labute approximate surface area is 124 Å². The van der Waals surface area contributed by atoms with Gasteiger partial charge in [0, 0.05) is 5.92 Å². The van der Waals surface area contributed by atoms with Gasteiger partial charge in [-0.25, -0.2) is 9.78 Å². The quantitative estimate of drug-likeness (QED) is 0.825. The number of esters is 1. The minimum Gasteiger partial charge on any atom is -0.462 e. The lowest BCUT2D eigenvalue weighted by Gasteiger charge is -2.04. The molecule has 0 aromatic carbocycles. The SMILES string of the molecule is CCOC(=O)c1ccsc1NC(=O)c1n[nH]c(C2CC2)n1. The number of anilines is 1. The molecule has 1 saturated carbocycles. The molecule has 1 fully saturated rings. The van der Waals surface area contributed by atoms with Crippen molar-refractivity contribution in [3.8, 4) is 0 Å². The zero-order valence-electron chi connectivity index (χ0n) is 11.4. The second kappa shape index (κ2) is 5.65. The van der Waals surface area contributed by atoms with E-state index < -0.39 is 11.9 Å². The molecule has 0 atom stereocenters. The summed E-state index contributed by atoms with van der Waals surface area (Å²) in [6.07, 6.45) is 2.16. The smallest absolute Gasteiger partial charge is 0.341 e. The number of ether oxygens (including phenoxy) is 1. The van der Waals surface area contributed by atoms with Gasteiger partial charge in [0.1, 0.15) is 10.8 Å². The van der Waals surface area contributed by atoms with E-state index >= 15 is 0 Å². The van der Waals surface area contributed by atoms with Gasteiger partial charge in [0.25, 0.3) is 5.91 Å². The second-order valence-corrected chi connectivity index (χ2v) is 5.57. The van der Waals surface area contributed by atoms with Gasteiger partial charge in [0.15, 0.2) is 0 Å². The van der Waals surface area contributed by atoms with Crippen LogP contribution in [0.25, 0.3) is 0 Å². The van der Waals surface area contributed by atoms with Gasteiger partial charge in [-0.15, -0.1) is 16.4 Å². The van der Waals surface area contributed by atoms with Crippen LogP contribution in [-0.2, 0) is 4.74 Å². The summed E-state index contributed by atoms with van der Waals surface area (Å²) in [5, 5.41) is 11.5. The highest BCUT2D eigenvalue weighted by atomic mass is 32.1. The van der Waals surface area contributed by atoms with Crippen molar-refractivity contribution in [1.82, 2.24) is 15.2 Å². The van der Waals surface area contributed by atoms with Crippen LogP contribution in [0.3, 0.4) is 0 Å². The number of carbonyl (C=O) groups excluding carboxylic acids is 2. The largest absolute Gasteiger partial charge is 0.462 e. The number of nitrogens with zero attached hydrogens (tertiary/aromatic N) is 2. The molecule has 3 rings (SSSR count). The molecule has 1 amide bonds. The molecule has 0 spiro atoms. The topological polar surface area (TPSA) is 97.0 Å². The summed E-state index contributed by atoms with van der Waals surface area (Å²) in [4.78, 5) is 28.0. The molecular weight excluding hydrogens is 292 g/mol. The lowest BCUT2D eigenvalue weighted by Crippen LogP contribution is -2.15. The lowest BCUT2D eigenvalue weighted by atomic mass is 10.3. The summed E-state index contributed by atoms with van der Waals surface area (Å²) in [6.45, 7) is 2.02. The monoisotopic (exact) mass is 306 g/mol. The molecule has 2 heterocycles. The van der Waals surface area contributed by atoms with Crippen LogP contribution in [0.5, 0.6) is 0 Å². The fourth-order valence-corrected chi connectivity index (χ4v) is 2.62. The lowest BCUT2D eigenvalue weighted by molar-refractivity contribution is 0.0528. The van der Waals surface area contributed by atoms with Crippen molar-refractivity contribution in [2.75, 3.05) is 11.9 Å². The van der Waals surface area contributed by atoms with Gasteiger partial charge in [-0.1, -0.05) is 0 Å². The number of carbonyl (C=O) groups is 2. The Kier molecular flexibility index (Phi) is 3.70. The summed E-state index contributed by atoms with van der Waals surface area (Å²) in [5.41, 5.74) is 0.341. The molecule has 0 radical (unpaired) electrons. The minimum absolute atomic E-state index is 0.0834. The summed E-state index contributed by atoms with van der Waals surface area (Å²) < 4.78 is 4.94. The average Bonchev–Trinajstić information content (AvgIpc) is 3.02. The minimum atomic E-state index is -0.456. The van der Waals surface area contributed by atoms with E-state index in [1.807, 2.05) is 0 Å². The Hall–Kier alpha value is -2.22. The maximum atomic E-state index is 12.1. The third-order valence-electron chi connectivity index (χ3n) is 3.06. The van der Waals surface area contributed by atoms with E-state index in [2.05, 4.69) is 20.5 Å². The third kappa shape index (κ3) is 2.94. The van der Waals surface area contributed by atoms with E-state index in [9.17, 15) is 9.59 Å². The molecule has 2 aromatic heterocycles. The predicted molar refractivity (Wildman–Crippen MR) is 76.6 cm³/mol. The highest BCUT2D eigenvalue weighted by Crippen LogP contribution is 2.37. The molecule has 110 valence electrons. The number of aromatic nitrogens is 3. The van der Waals surface area contributed by atoms with Gasteiger partial charge in [0.2, 0.25) is 5.82 Å². The van der Waals surface area contributed by atoms with Crippen LogP contribution >= 0.6 is 11.3 Å². The summed E-state index contributed by atoms with van der Waals surface area (Å²) in [7, 11) is 0. The van der Waals surface area contributed by atoms with E-state index in [1.54, 1.807) is 18.4 Å². The zero-order chi connectivity index (χ0) is 14.8. The third-order valence-corrected chi connectivity index (χ3v) is 3.89. The molecule has 21 heavy (non-hydrogen) atoms.